The van der Waals surface area contributed by atoms with Gasteiger partial charge in [0.2, 0.25) is 0 Å². The van der Waals surface area contributed by atoms with E-state index in [0.29, 0.717) is 13.2 Å². The van der Waals surface area contributed by atoms with Crippen molar-refractivity contribution in [2.75, 3.05) is 6.61 Å². The molecule has 2 aliphatic rings. The first-order valence-electron chi connectivity index (χ1n) is 5.45. The van der Waals surface area contributed by atoms with Crippen LogP contribution in [0, 0.1) is 0 Å². The van der Waals surface area contributed by atoms with Gasteiger partial charge in [0.1, 0.15) is 18.3 Å². The molecule has 86 valence electrons. The van der Waals surface area contributed by atoms with Gasteiger partial charge in [0.25, 0.3) is 0 Å². The van der Waals surface area contributed by atoms with Gasteiger partial charge in [-0.1, -0.05) is 30.3 Å². The monoisotopic (exact) mass is 222 g/mol. The van der Waals surface area contributed by atoms with Gasteiger partial charge < -0.3 is 19.3 Å². The van der Waals surface area contributed by atoms with Gasteiger partial charge in [-0.3, -0.25) is 0 Å². The zero-order chi connectivity index (χ0) is 11.0. The number of fused-ring (bicyclic) bond motifs is 2. The highest BCUT2D eigenvalue weighted by Gasteiger charge is 2.50. The van der Waals surface area contributed by atoms with Crippen molar-refractivity contribution >= 4 is 0 Å². The van der Waals surface area contributed by atoms with Crippen LogP contribution in [0.25, 0.3) is 0 Å². The standard InChI is InChI=1S/C12H14O4/c13-10-9-7-15-12(16-9)11(10)14-6-8-4-2-1-3-5-8/h1-5,9-13H,6-7H2/t9-,10-,11-,12-/m1/s1. The van der Waals surface area contributed by atoms with E-state index in [9.17, 15) is 5.11 Å². The lowest BCUT2D eigenvalue weighted by atomic mass is 10.1. The van der Waals surface area contributed by atoms with Crippen molar-refractivity contribution in [3.8, 4) is 0 Å². The Morgan fingerprint density at radius 3 is 2.81 bits per heavy atom. The van der Waals surface area contributed by atoms with Crippen LogP contribution in [0.2, 0.25) is 0 Å². The molecule has 16 heavy (non-hydrogen) atoms. The largest absolute Gasteiger partial charge is 0.387 e. The van der Waals surface area contributed by atoms with Crippen molar-refractivity contribution in [1.29, 1.82) is 0 Å². The van der Waals surface area contributed by atoms with Crippen molar-refractivity contribution in [2.45, 2.75) is 31.2 Å². The van der Waals surface area contributed by atoms with Crippen molar-refractivity contribution in [2.24, 2.45) is 0 Å². The number of rotatable bonds is 3. The molecule has 0 unspecified atom stereocenters. The molecule has 2 aliphatic heterocycles. The second-order valence-corrected chi connectivity index (χ2v) is 4.13. The number of hydrogen-bond acceptors (Lipinski definition) is 4. The Bertz CT molecular complexity index is 351. The summed E-state index contributed by atoms with van der Waals surface area (Å²) < 4.78 is 16.3. The van der Waals surface area contributed by atoms with Crippen LogP contribution in [-0.4, -0.2) is 36.3 Å². The first-order chi connectivity index (χ1) is 7.84. The van der Waals surface area contributed by atoms with Crippen molar-refractivity contribution in [3.63, 3.8) is 0 Å². The molecular weight excluding hydrogens is 208 g/mol. The van der Waals surface area contributed by atoms with E-state index in [-0.39, 0.29) is 12.2 Å². The molecule has 0 spiro atoms. The summed E-state index contributed by atoms with van der Waals surface area (Å²) in [6.45, 7) is 0.940. The second-order valence-electron chi connectivity index (χ2n) is 4.13. The summed E-state index contributed by atoms with van der Waals surface area (Å²) in [6.07, 6.45) is -1.55. The highest BCUT2D eigenvalue weighted by molar-refractivity contribution is 5.13. The predicted octanol–water partition coefficient (Wildman–Crippen LogP) is 0.688. The summed E-state index contributed by atoms with van der Waals surface area (Å²) in [6, 6.07) is 9.86. The molecule has 1 aromatic carbocycles. The molecule has 2 fully saturated rings. The van der Waals surface area contributed by atoms with Crippen LogP contribution in [0.4, 0.5) is 0 Å². The summed E-state index contributed by atoms with van der Waals surface area (Å²) in [7, 11) is 0. The maximum absolute atomic E-state index is 9.83. The molecule has 3 rings (SSSR count). The van der Waals surface area contributed by atoms with E-state index in [1.54, 1.807) is 0 Å². The molecule has 0 amide bonds. The molecule has 2 bridgehead atoms. The summed E-state index contributed by atoms with van der Waals surface area (Å²) in [5.74, 6) is 0. The topological polar surface area (TPSA) is 47.9 Å². The Kier molecular flexibility index (Phi) is 2.65. The smallest absolute Gasteiger partial charge is 0.187 e. The van der Waals surface area contributed by atoms with Crippen LogP contribution >= 0.6 is 0 Å². The molecule has 4 atom stereocenters. The SMILES string of the molecule is O[C@H]1[C@@H](OCc2ccccc2)[C@@H]2OC[C@H]1O2. The number of benzene rings is 1. The van der Waals surface area contributed by atoms with E-state index in [1.165, 1.54) is 0 Å². The van der Waals surface area contributed by atoms with E-state index in [2.05, 4.69) is 0 Å². The van der Waals surface area contributed by atoms with Crippen molar-refractivity contribution < 1.29 is 19.3 Å². The number of aliphatic hydroxyl groups excluding tert-OH is 1. The Balaban J connectivity index is 1.60. The van der Waals surface area contributed by atoms with Gasteiger partial charge in [-0.25, -0.2) is 0 Å². The van der Waals surface area contributed by atoms with E-state index in [0.717, 1.165) is 5.56 Å². The first-order valence-corrected chi connectivity index (χ1v) is 5.45. The van der Waals surface area contributed by atoms with E-state index in [1.807, 2.05) is 30.3 Å². The average molecular weight is 222 g/mol. The minimum Gasteiger partial charge on any atom is -0.387 e. The molecular formula is C12H14O4. The van der Waals surface area contributed by atoms with Gasteiger partial charge >= 0.3 is 0 Å². The molecule has 4 heteroatoms. The molecule has 0 radical (unpaired) electrons. The molecule has 0 aliphatic carbocycles. The third-order valence-electron chi connectivity index (χ3n) is 3.00. The Morgan fingerprint density at radius 2 is 2.12 bits per heavy atom. The summed E-state index contributed by atoms with van der Waals surface area (Å²) in [5, 5.41) is 9.83. The zero-order valence-corrected chi connectivity index (χ0v) is 8.78. The van der Waals surface area contributed by atoms with Gasteiger partial charge in [-0.05, 0) is 5.56 Å². The third-order valence-corrected chi connectivity index (χ3v) is 3.00. The number of hydrogen-bond donors (Lipinski definition) is 1. The predicted molar refractivity (Wildman–Crippen MR) is 55.6 cm³/mol. The molecule has 0 aromatic heterocycles. The van der Waals surface area contributed by atoms with Crippen LogP contribution < -0.4 is 0 Å². The van der Waals surface area contributed by atoms with Crippen LogP contribution in [0.1, 0.15) is 5.56 Å². The molecule has 4 nitrogen and oxygen atoms in total. The van der Waals surface area contributed by atoms with Crippen molar-refractivity contribution in [1.82, 2.24) is 0 Å². The normalized spacial score (nSPS) is 36.8. The van der Waals surface area contributed by atoms with Gasteiger partial charge in [0.05, 0.1) is 13.2 Å². The van der Waals surface area contributed by atoms with Crippen molar-refractivity contribution in [3.05, 3.63) is 35.9 Å². The average Bonchev–Trinajstić information content (AvgIpc) is 2.89. The lowest BCUT2D eigenvalue weighted by Crippen LogP contribution is -2.42. The Hall–Kier alpha value is -0.940. The zero-order valence-electron chi connectivity index (χ0n) is 8.78. The minimum atomic E-state index is -0.567. The Morgan fingerprint density at radius 1 is 1.31 bits per heavy atom. The molecule has 0 saturated carbocycles. The third kappa shape index (κ3) is 1.74. The van der Waals surface area contributed by atoms with Gasteiger partial charge in [0.15, 0.2) is 6.29 Å². The maximum Gasteiger partial charge on any atom is 0.187 e. The van der Waals surface area contributed by atoms with Gasteiger partial charge in [0, 0.05) is 0 Å². The van der Waals surface area contributed by atoms with Crippen LogP contribution in [0.15, 0.2) is 30.3 Å². The molecule has 2 heterocycles. The lowest BCUT2D eigenvalue weighted by molar-refractivity contribution is -0.144. The van der Waals surface area contributed by atoms with E-state index >= 15 is 0 Å². The van der Waals surface area contributed by atoms with E-state index in [4.69, 9.17) is 14.2 Å². The van der Waals surface area contributed by atoms with Crippen LogP contribution in [-0.2, 0) is 20.8 Å². The highest BCUT2D eigenvalue weighted by Crippen LogP contribution is 2.31. The minimum absolute atomic E-state index is 0.217. The summed E-state index contributed by atoms with van der Waals surface area (Å²) >= 11 is 0. The van der Waals surface area contributed by atoms with E-state index < -0.39 is 12.4 Å². The Labute approximate surface area is 93.7 Å². The van der Waals surface area contributed by atoms with Gasteiger partial charge in [-0.15, -0.1) is 0 Å². The fraction of sp³-hybridized carbons (Fsp3) is 0.500. The highest BCUT2D eigenvalue weighted by atomic mass is 16.8. The molecule has 1 N–H and O–H groups in total. The fourth-order valence-electron chi connectivity index (χ4n) is 2.11. The number of ether oxygens (including phenoxy) is 3. The fourth-order valence-corrected chi connectivity index (χ4v) is 2.11. The summed E-state index contributed by atoms with van der Waals surface area (Å²) in [5.41, 5.74) is 1.08. The lowest BCUT2D eigenvalue weighted by Gasteiger charge is -2.24. The van der Waals surface area contributed by atoms with Crippen LogP contribution in [0.3, 0.4) is 0 Å². The quantitative estimate of drug-likeness (QED) is 0.817. The first kappa shape index (κ1) is 10.2. The molecule has 2 saturated heterocycles. The summed E-state index contributed by atoms with van der Waals surface area (Å²) in [4.78, 5) is 0. The van der Waals surface area contributed by atoms with Crippen LogP contribution in [0.5, 0.6) is 0 Å². The second kappa shape index (κ2) is 4.14. The van der Waals surface area contributed by atoms with Gasteiger partial charge in [-0.2, -0.15) is 0 Å². The number of aliphatic hydroxyl groups is 1. The maximum atomic E-state index is 9.83. The molecule has 1 aromatic rings.